The van der Waals surface area contributed by atoms with Gasteiger partial charge in [0, 0.05) is 6.04 Å². The molecule has 5 nitrogen and oxygen atoms in total. The molecular weight excluding hydrogens is 364 g/mol. The second-order valence-corrected chi connectivity index (χ2v) is 7.91. The summed E-state index contributed by atoms with van der Waals surface area (Å²) in [5.74, 6) is 1.20. The summed E-state index contributed by atoms with van der Waals surface area (Å²) in [6.07, 6.45) is 0.920. The van der Waals surface area contributed by atoms with Crippen molar-refractivity contribution in [2.75, 3.05) is 5.75 Å². The van der Waals surface area contributed by atoms with Crippen LogP contribution in [-0.2, 0) is 11.3 Å². The van der Waals surface area contributed by atoms with Crippen LogP contribution in [-0.4, -0.2) is 32.5 Å². The number of rotatable bonds is 8. The standard InChI is InChI=1S/C19H22N4OS2/c1-3-14(2)20-17(24)13-26-19-22-21-18(16-10-7-11-25-16)23(19)12-15-8-5-4-6-9-15/h4-11,14H,3,12-13H2,1-2H3,(H,20,24)/t14-/m0/s1. The summed E-state index contributed by atoms with van der Waals surface area (Å²) in [7, 11) is 0. The zero-order chi connectivity index (χ0) is 18.4. The highest BCUT2D eigenvalue weighted by atomic mass is 32.2. The van der Waals surface area contributed by atoms with E-state index in [-0.39, 0.29) is 11.9 Å². The Labute approximate surface area is 161 Å². The number of carbonyl (C=O) groups excluding carboxylic acids is 1. The molecule has 0 radical (unpaired) electrons. The molecule has 1 aromatic carbocycles. The Morgan fingerprint density at radius 1 is 1.23 bits per heavy atom. The van der Waals surface area contributed by atoms with Crippen LogP contribution in [0.3, 0.4) is 0 Å². The van der Waals surface area contributed by atoms with Gasteiger partial charge in [-0.3, -0.25) is 9.36 Å². The van der Waals surface area contributed by atoms with Crippen LogP contribution in [0.1, 0.15) is 25.8 Å². The molecule has 3 aromatic rings. The predicted molar refractivity (Wildman–Crippen MR) is 107 cm³/mol. The Morgan fingerprint density at radius 3 is 2.73 bits per heavy atom. The van der Waals surface area contributed by atoms with E-state index in [1.165, 1.54) is 17.3 Å². The van der Waals surface area contributed by atoms with Crippen molar-refractivity contribution in [2.45, 2.75) is 38.0 Å². The van der Waals surface area contributed by atoms with E-state index in [1.54, 1.807) is 11.3 Å². The van der Waals surface area contributed by atoms with E-state index in [0.29, 0.717) is 12.3 Å². The molecule has 2 aromatic heterocycles. The van der Waals surface area contributed by atoms with E-state index in [0.717, 1.165) is 22.3 Å². The normalized spacial score (nSPS) is 12.1. The van der Waals surface area contributed by atoms with Crippen LogP contribution in [0.25, 0.3) is 10.7 Å². The van der Waals surface area contributed by atoms with Gasteiger partial charge in [0.1, 0.15) is 0 Å². The van der Waals surface area contributed by atoms with Gasteiger partial charge < -0.3 is 5.32 Å². The van der Waals surface area contributed by atoms with E-state index >= 15 is 0 Å². The quantitative estimate of drug-likeness (QED) is 0.593. The largest absolute Gasteiger partial charge is 0.353 e. The van der Waals surface area contributed by atoms with E-state index in [1.807, 2.05) is 42.6 Å². The first-order valence-corrected chi connectivity index (χ1v) is 10.5. The zero-order valence-electron chi connectivity index (χ0n) is 14.9. The minimum atomic E-state index is 0.0243. The lowest BCUT2D eigenvalue weighted by molar-refractivity contribution is -0.119. The molecule has 0 spiro atoms. The summed E-state index contributed by atoms with van der Waals surface area (Å²) in [5.41, 5.74) is 1.18. The lowest BCUT2D eigenvalue weighted by Gasteiger charge is -2.12. The number of hydrogen-bond acceptors (Lipinski definition) is 5. The monoisotopic (exact) mass is 386 g/mol. The highest BCUT2D eigenvalue weighted by molar-refractivity contribution is 7.99. The first-order chi connectivity index (χ1) is 12.7. The molecule has 0 aliphatic heterocycles. The fraction of sp³-hybridized carbons (Fsp3) is 0.316. The van der Waals surface area contributed by atoms with Crippen molar-refractivity contribution in [3.63, 3.8) is 0 Å². The summed E-state index contributed by atoms with van der Waals surface area (Å²) >= 11 is 3.06. The van der Waals surface area contributed by atoms with E-state index in [2.05, 4.69) is 39.1 Å². The van der Waals surface area contributed by atoms with Crippen molar-refractivity contribution in [3.8, 4) is 10.7 Å². The molecule has 0 bridgehead atoms. The average Bonchev–Trinajstić information content (AvgIpc) is 3.30. The van der Waals surface area contributed by atoms with Crippen LogP contribution in [0.5, 0.6) is 0 Å². The van der Waals surface area contributed by atoms with Gasteiger partial charge in [0.25, 0.3) is 0 Å². The molecule has 0 aliphatic rings. The lowest BCUT2D eigenvalue weighted by atomic mass is 10.2. The van der Waals surface area contributed by atoms with Gasteiger partial charge in [-0.2, -0.15) is 0 Å². The number of carbonyl (C=O) groups is 1. The third-order valence-electron chi connectivity index (χ3n) is 3.99. The molecule has 1 amide bonds. The van der Waals surface area contributed by atoms with Gasteiger partial charge in [-0.25, -0.2) is 0 Å². The number of thiophene rings is 1. The summed E-state index contributed by atoms with van der Waals surface area (Å²) in [4.78, 5) is 13.2. The van der Waals surface area contributed by atoms with Crippen molar-refractivity contribution >= 4 is 29.0 Å². The van der Waals surface area contributed by atoms with Crippen molar-refractivity contribution in [1.82, 2.24) is 20.1 Å². The number of thioether (sulfide) groups is 1. The Morgan fingerprint density at radius 2 is 2.04 bits per heavy atom. The average molecular weight is 387 g/mol. The molecule has 2 heterocycles. The summed E-state index contributed by atoms with van der Waals surface area (Å²) in [6.45, 7) is 4.74. The maximum atomic E-state index is 12.1. The third-order valence-corrected chi connectivity index (χ3v) is 5.83. The van der Waals surface area contributed by atoms with Crippen LogP contribution in [0.2, 0.25) is 0 Å². The maximum Gasteiger partial charge on any atom is 0.230 e. The van der Waals surface area contributed by atoms with Crippen LogP contribution in [0.4, 0.5) is 0 Å². The number of nitrogens with zero attached hydrogens (tertiary/aromatic N) is 3. The van der Waals surface area contributed by atoms with Gasteiger partial charge in [-0.15, -0.1) is 21.5 Å². The number of nitrogens with one attached hydrogen (secondary N) is 1. The minimum Gasteiger partial charge on any atom is -0.353 e. The van der Waals surface area contributed by atoms with Crippen molar-refractivity contribution in [3.05, 3.63) is 53.4 Å². The van der Waals surface area contributed by atoms with Crippen molar-refractivity contribution in [1.29, 1.82) is 0 Å². The van der Waals surface area contributed by atoms with Crippen LogP contribution >= 0.6 is 23.1 Å². The molecule has 0 saturated heterocycles. The minimum absolute atomic E-state index is 0.0243. The van der Waals surface area contributed by atoms with Crippen LogP contribution in [0, 0.1) is 0 Å². The number of benzene rings is 1. The molecule has 0 aliphatic carbocycles. The van der Waals surface area contributed by atoms with Gasteiger partial charge in [0.2, 0.25) is 5.91 Å². The SMILES string of the molecule is CC[C@H](C)NC(=O)CSc1nnc(-c2cccs2)n1Cc1ccccc1. The number of hydrogen-bond donors (Lipinski definition) is 1. The van der Waals surface area contributed by atoms with E-state index in [9.17, 15) is 4.79 Å². The van der Waals surface area contributed by atoms with Gasteiger partial charge in [0.05, 0.1) is 17.2 Å². The molecule has 7 heteroatoms. The van der Waals surface area contributed by atoms with Crippen molar-refractivity contribution in [2.24, 2.45) is 0 Å². The fourth-order valence-corrected chi connectivity index (χ4v) is 3.91. The molecule has 1 N–H and O–H groups in total. The number of aromatic nitrogens is 3. The van der Waals surface area contributed by atoms with Crippen molar-refractivity contribution < 1.29 is 4.79 Å². The molecule has 0 unspecified atom stereocenters. The Hall–Kier alpha value is -2.12. The molecular formula is C19H22N4OS2. The third kappa shape index (κ3) is 4.74. The first-order valence-electron chi connectivity index (χ1n) is 8.60. The summed E-state index contributed by atoms with van der Waals surface area (Å²) in [6, 6.07) is 14.5. The number of amides is 1. The highest BCUT2D eigenvalue weighted by Crippen LogP contribution is 2.28. The zero-order valence-corrected chi connectivity index (χ0v) is 16.5. The lowest BCUT2D eigenvalue weighted by Crippen LogP contribution is -2.33. The predicted octanol–water partition coefficient (Wildman–Crippen LogP) is 4.06. The van der Waals surface area contributed by atoms with Crippen LogP contribution < -0.4 is 5.32 Å². The van der Waals surface area contributed by atoms with E-state index in [4.69, 9.17) is 0 Å². The Bertz CT molecular complexity index is 831. The second-order valence-electron chi connectivity index (χ2n) is 6.02. The van der Waals surface area contributed by atoms with Gasteiger partial charge in [0.15, 0.2) is 11.0 Å². The molecule has 26 heavy (non-hydrogen) atoms. The first kappa shape index (κ1) is 18.7. The van der Waals surface area contributed by atoms with E-state index < -0.39 is 0 Å². The van der Waals surface area contributed by atoms with Gasteiger partial charge >= 0.3 is 0 Å². The smallest absolute Gasteiger partial charge is 0.230 e. The maximum absolute atomic E-state index is 12.1. The highest BCUT2D eigenvalue weighted by Gasteiger charge is 2.17. The Balaban J connectivity index is 1.80. The fourth-order valence-electron chi connectivity index (χ4n) is 2.44. The molecule has 1 atom stereocenters. The Kier molecular flexibility index (Phi) is 6.46. The van der Waals surface area contributed by atoms with Gasteiger partial charge in [-0.1, -0.05) is 55.1 Å². The summed E-state index contributed by atoms with van der Waals surface area (Å²) < 4.78 is 2.09. The van der Waals surface area contributed by atoms with Crippen LogP contribution in [0.15, 0.2) is 53.0 Å². The summed E-state index contributed by atoms with van der Waals surface area (Å²) in [5, 5.41) is 14.5. The molecule has 3 rings (SSSR count). The second kappa shape index (κ2) is 9.00. The van der Waals surface area contributed by atoms with Gasteiger partial charge in [-0.05, 0) is 30.4 Å². The molecule has 0 saturated carbocycles. The topological polar surface area (TPSA) is 59.8 Å². The molecule has 0 fully saturated rings. The molecule has 136 valence electrons.